The minimum atomic E-state index is -0.896. The summed E-state index contributed by atoms with van der Waals surface area (Å²) >= 11 is 0. The number of carboxylic acid groups (broad SMARTS) is 1. The van der Waals surface area contributed by atoms with Gasteiger partial charge in [-0.2, -0.15) is 14.6 Å². The van der Waals surface area contributed by atoms with E-state index in [9.17, 15) is 9.90 Å². The number of rotatable bonds is 3. The summed E-state index contributed by atoms with van der Waals surface area (Å²) in [6, 6.07) is 1.80. The second kappa shape index (κ2) is 4.18. The first-order valence-electron chi connectivity index (χ1n) is 6.30. The summed E-state index contributed by atoms with van der Waals surface area (Å²) in [5, 5.41) is 16.7. The first kappa shape index (κ1) is 11.9. The van der Waals surface area contributed by atoms with Crippen LogP contribution in [0.3, 0.4) is 0 Å². The zero-order valence-corrected chi connectivity index (χ0v) is 10.6. The minimum absolute atomic E-state index is 0.473. The van der Waals surface area contributed by atoms with Gasteiger partial charge in [0.1, 0.15) is 17.7 Å². The van der Waals surface area contributed by atoms with Gasteiger partial charge in [-0.15, -0.1) is 0 Å². The summed E-state index contributed by atoms with van der Waals surface area (Å²) in [7, 11) is 0. The molecule has 0 amide bonds. The number of carbonyl (C=O) groups is 1. The third-order valence-electron chi connectivity index (χ3n) is 3.61. The van der Waals surface area contributed by atoms with Crippen LogP contribution in [0.2, 0.25) is 0 Å². The van der Waals surface area contributed by atoms with Crippen LogP contribution < -0.4 is 5.32 Å². The fourth-order valence-corrected chi connectivity index (χ4v) is 2.64. The average Bonchev–Trinajstić information content (AvgIpc) is 2.97. The first-order chi connectivity index (χ1) is 9.11. The van der Waals surface area contributed by atoms with Crippen molar-refractivity contribution in [1.29, 1.82) is 0 Å². The molecular formula is C12H15N5O2. The summed E-state index contributed by atoms with van der Waals surface area (Å²) in [6.45, 7) is 1.85. The molecule has 0 saturated heterocycles. The molecule has 0 atom stereocenters. The molecule has 2 N–H and O–H groups in total. The van der Waals surface area contributed by atoms with Gasteiger partial charge in [-0.3, -0.25) is 0 Å². The largest absolute Gasteiger partial charge is 0.480 e. The molecule has 0 spiro atoms. The zero-order valence-electron chi connectivity index (χ0n) is 10.6. The van der Waals surface area contributed by atoms with Gasteiger partial charge in [0.15, 0.2) is 0 Å². The molecule has 0 aliphatic heterocycles. The third kappa shape index (κ3) is 1.91. The number of anilines is 1. The molecule has 0 bridgehead atoms. The van der Waals surface area contributed by atoms with Crippen LogP contribution in [0.1, 0.15) is 31.4 Å². The van der Waals surface area contributed by atoms with Gasteiger partial charge < -0.3 is 10.4 Å². The Balaban J connectivity index is 2.04. The topological polar surface area (TPSA) is 92.4 Å². The summed E-state index contributed by atoms with van der Waals surface area (Å²) in [4.78, 5) is 19.8. The highest BCUT2D eigenvalue weighted by molar-refractivity contribution is 5.83. The van der Waals surface area contributed by atoms with Crippen LogP contribution in [0.5, 0.6) is 0 Å². The number of hydrogen-bond donors (Lipinski definition) is 2. The lowest BCUT2D eigenvalue weighted by molar-refractivity contribution is -0.142. The van der Waals surface area contributed by atoms with Gasteiger partial charge in [-0.1, -0.05) is 12.8 Å². The van der Waals surface area contributed by atoms with Crippen molar-refractivity contribution in [3.05, 3.63) is 18.1 Å². The zero-order chi connectivity index (χ0) is 13.5. The second-order valence-electron chi connectivity index (χ2n) is 4.97. The molecule has 0 aromatic carbocycles. The van der Waals surface area contributed by atoms with Gasteiger partial charge >= 0.3 is 5.97 Å². The third-order valence-corrected chi connectivity index (χ3v) is 3.61. The van der Waals surface area contributed by atoms with Gasteiger partial charge in [-0.25, -0.2) is 9.78 Å². The summed E-state index contributed by atoms with van der Waals surface area (Å²) in [5.74, 6) is 0.290. The summed E-state index contributed by atoms with van der Waals surface area (Å²) in [5.41, 5.74) is -0.117. The molecule has 2 aromatic rings. The van der Waals surface area contributed by atoms with Crippen LogP contribution in [0.15, 0.2) is 12.4 Å². The molecule has 19 heavy (non-hydrogen) atoms. The Morgan fingerprint density at radius 2 is 2.21 bits per heavy atom. The molecule has 1 fully saturated rings. The van der Waals surface area contributed by atoms with E-state index in [0.29, 0.717) is 24.4 Å². The van der Waals surface area contributed by atoms with Crippen molar-refractivity contribution >= 4 is 17.6 Å². The number of hydrogen-bond acceptors (Lipinski definition) is 5. The van der Waals surface area contributed by atoms with Gasteiger partial charge in [0.05, 0.1) is 0 Å². The van der Waals surface area contributed by atoms with Crippen molar-refractivity contribution in [2.75, 3.05) is 5.32 Å². The maximum Gasteiger partial charge on any atom is 0.329 e. The highest BCUT2D eigenvalue weighted by atomic mass is 16.4. The van der Waals surface area contributed by atoms with Crippen LogP contribution in [0.4, 0.5) is 5.82 Å². The van der Waals surface area contributed by atoms with E-state index in [1.807, 2.05) is 6.92 Å². The first-order valence-corrected chi connectivity index (χ1v) is 6.30. The predicted octanol–water partition coefficient (Wildman–Crippen LogP) is 1.24. The highest BCUT2D eigenvalue weighted by Crippen LogP contribution is 2.33. The molecule has 0 unspecified atom stereocenters. The molecule has 7 nitrogen and oxygen atoms in total. The summed E-state index contributed by atoms with van der Waals surface area (Å²) in [6.07, 6.45) is 4.50. The van der Waals surface area contributed by atoms with E-state index in [4.69, 9.17) is 0 Å². The van der Waals surface area contributed by atoms with E-state index in [1.165, 1.54) is 10.8 Å². The standard InChI is InChI=1S/C12H15N5O2/c1-8-6-9(17-11(15-8)13-7-14-17)16-12(10(18)19)4-2-3-5-12/h6-7,16H,2-5H2,1H3,(H,18,19). The van der Waals surface area contributed by atoms with Gasteiger partial charge in [-0.05, 0) is 19.8 Å². The Labute approximate surface area is 109 Å². The van der Waals surface area contributed by atoms with E-state index < -0.39 is 11.5 Å². The number of aliphatic carboxylic acids is 1. The Kier molecular flexibility index (Phi) is 2.62. The van der Waals surface area contributed by atoms with E-state index >= 15 is 0 Å². The molecule has 100 valence electrons. The van der Waals surface area contributed by atoms with E-state index in [-0.39, 0.29) is 0 Å². The van der Waals surface area contributed by atoms with Crippen molar-refractivity contribution < 1.29 is 9.90 Å². The number of aromatic nitrogens is 4. The van der Waals surface area contributed by atoms with E-state index in [2.05, 4.69) is 20.4 Å². The average molecular weight is 261 g/mol. The smallest absolute Gasteiger partial charge is 0.329 e. The van der Waals surface area contributed by atoms with Gasteiger partial charge in [0.25, 0.3) is 5.78 Å². The predicted molar refractivity (Wildman–Crippen MR) is 68.0 cm³/mol. The Bertz CT molecular complexity index is 630. The van der Waals surface area contributed by atoms with Gasteiger partial charge in [0, 0.05) is 11.8 Å². The minimum Gasteiger partial charge on any atom is -0.480 e. The Morgan fingerprint density at radius 1 is 1.47 bits per heavy atom. The molecule has 2 heterocycles. The molecule has 1 aliphatic rings. The highest BCUT2D eigenvalue weighted by Gasteiger charge is 2.41. The quantitative estimate of drug-likeness (QED) is 0.863. The molecule has 1 saturated carbocycles. The number of carboxylic acids is 1. The lowest BCUT2D eigenvalue weighted by atomic mass is 9.98. The van der Waals surface area contributed by atoms with Crippen LogP contribution in [0.25, 0.3) is 5.78 Å². The van der Waals surface area contributed by atoms with Crippen LogP contribution in [-0.4, -0.2) is 36.2 Å². The lowest BCUT2D eigenvalue weighted by Gasteiger charge is -2.26. The molecule has 7 heteroatoms. The van der Waals surface area contributed by atoms with Crippen molar-refractivity contribution in [2.45, 2.75) is 38.1 Å². The maximum atomic E-state index is 11.6. The van der Waals surface area contributed by atoms with E-state index in [0.717, 1.165) is 18.5 Å². The number of aryl methyl sites for hydroxylation is 1. The van der Waals surface area contributed by atoms with Crippen LogP contribution in [0, 0.1) is 6.92 Å². The number of nitrogens with zero attached hydrogens (tertiary/aromatic N) is 4. The fourth-order valence-electron chi connectivity index (χ4n) is 2.64. The molecular weight excluding hydrogens is 246 g/mol. The van der Waals surface area contributed by atoms with Gasteiger partial charge in [0.2, 0.25) is 0 Å². The molecule has 3 rings (SSSR count). The van der Waals surface area contributed by atoms with Crippen molar-refractivity contribution in [2.24, 2.45) is 0 Å². The Hall–Kier alpha value is -2.18. The summed E-state index contributed by atoms with van der Waals surface area (Å²) < 4.78 is 1.54. The molecule has 1 aliphatic carbocycles. The van der Waals surface area contributed by atoms with E-state index in [1.54, 1.807) is 6.07 Å². The van der Waals surface area contributed by atoms with Crippen LogP contribution >= 0.6 is 0 Å². The SMILES string of the molecule is Cc1cc(NC2(C(=O)O)CCCC2)n2ncnc2n1. The van der Waals surface area contributed by atoms with Crippen molar-refractivity contribution in [3.63, 3.8) is 0 Å². The second-order valence-corrected chi connectivity index (χ2v) is 4.97. The maximum absolute atomic E-state index is 11.6. The molecule has 0 radical (unpaired) electrons. The lowest BCUT2D eigenvalue weighted by Crippen LogP contribution is -2.44. The normalized spacial score (nSPS) is 17.7. The van der Waals surface area contributed by atoms with Crippen molar-refractivity contribution in [3.8, 4) is 0 Å². The van der Waals surface area contributed by atoms with Crippen molar-refractivity contribution in [1.82, 2.24) is 19.6 Å². The Morgan fingerprint density at radius 3 is 2.89 bits per heavy atom. The molecule has 2 aromatic heterocycles. The fraction of sp³-hybridized carbons (Fsp3) is 0.500. The number of nitrogens with one attached hydrogen (secondary N) is 1. The van der Waals surface area contributed by atoms with Crippen LogP contribution in [-0.2, 0) is 4.79 Å². The monoisotopic (exact) mass is 261 g/mol. The number of fused-ring (bicyclic) bond motifs is 1.